The first-order valence-corrected chi connectivity index (χ1v) is 14.9. The quantitative estimate of drug-likeness (QED) is 0.169. The Labute approximate surface area is 157 Å². The summed E-state index contributed by atoms with van der Waals surface area (Å²) >= 11 is 0. The van der Waals surface area contributed by atoms with Crippen LogP contribution in [0.4, 0.5) is 0 Å². The van der Waals surface area contributed by atoms with E-state index in [-0.39, 0.29) is 0 Å². The molecule has 0 spiro atoms. The zero-order valence-electron chi connectivity index (χ0n) is 17.1. The van der Waals surface area contributed by atoms with Crippen molar-refractivity contribution in [3.8, 4) is 0 Å². The number of unbranched alkanes of at least 4 members (excludes halogenated alkanes) is 9. The Balaban J connectivity index is 5.20. The van der Waals surface area contributed by atoms with E-state index in [1.54, 1.807) is 0 Å². The Morgan fingerprint density at radius 3 is 1.24 bits per heavy atom. The summed E-state index contributed by atoms with van der Waals surface area (Å²) in [5, 5.41) is 0. The maximum atomic E-state index is 11.7. The number of hydrogen-bond donors (Lipinski definition) is 1. The van der Waals surface area contributed by atoms with Gasteiger partial charge in [0.1, 0.15) is 0 Å². The van der Waals surface area contributed by atoms with Gasteiger partial charge in [-0.2, -0.15) is 0 Å². The van der Waals surface area contributed by atoms with E-state index >= 15 is 0 Å². The second-order valence-electron chi connectivity index (χ2n) is 8.04. The average molecular weight is 399 g/mol. The first kappa shape index (κ1) is 25.3. The van der Waals surface area contributed by atoms with Gasteiger partial charge in [0.05, 0.1) is 0 Å². The van der Waals surface area contributed by atoms with Gasteiger partial charge in [0.2, 0.25) is 0 Å². The molecular formula is C19H43O4PS. The minimum atomic E-state index is -4.41. The summed E-state index contributed by atoms with van der Waals surface area (Å²) in [6.45, 7) is 5.69. The zero-order valence-corrected chi connectivity index (χ0v) is 18.8. The van der Waals surface area contributed by atoms with E-state index in [1.165, 1.54) is 19.3 Å². The van der Waals surface area contributed by atoms with Crippen molar-refractivity contribution >= 4 is 17.2 Å². The Morgan fingerprint density at radius 1 is 0.680 bits per heavy atom. The molecule has 6 heteroatoms. The molecule has 0 heterocycles. The summed E-state index contributed by atoms with van der Waals surface area (Å²) in [4.78, 5) is 0. The van der Waals surface area contributed by atoms with Gasteiger partial charge in [0.25, 0.3) is 0 Å². The molecule has 0 aromatic carbocycles. The molecule has 25 heavy (non-hydrogen) atoms. The van der Waals surface area contributed by atoms with Gasteiger partial charge in [-0.3, -0.25) is 0 Å². The van der Waals surface area contributed by atoms with Crippen LogP contribution in [0.2, 0.25) is 0 Å². The summed E-state index contributed by atoms with van der Waals surface area (Å²) < 4.78 is 38.5. The van der Waals surface area contributed by atoms with Crippen molar-refractivity contribution in [3.05, 3.63) is 0 Å². The molecule has 0 bridgehead atoms. The third kappa shape index (κ3) is 12.3. The second-order valence-corrected chi connectivity index (χ2v) is 15.2. The zero-order chi connectivity index (χ0) is 19.3. The van der Waals surface area contributed by atoms with Crippen molar-refractivity contribution in [1.82, 2.24) is 0 Å². The molecule has 0 aliphatic rings. The molecule has 0 aromatic heterocycles. The van der Waals surface area contributed by atoms with Gasteiger partial charge in [-0.05, 0) is 0 Å². The summed E-state index contributed by atoms with van der Waals surface area (Å²) in [6.07, 6.45) is 15.8. The Hall–Kier alpha value is 0.300. The van der Waals surface area contributed by atoms with Crippen LogP contribution in [0.1, 0.15) is 97.8 Å². The average Bonchev–Trinajstić information content (AvgIpc) is 2.52. The molecule has 154 valence electrons. The molecule has 0 saturated carbocycles. The van der Waals surface area contributed by atoms with Crippen LogP contribution in [-0.4, -0.2) is 38.1 Å². The van der Waals surface area contributed by atoms with Crippen molar-refractivity contribution in [1.29, 1.82) is 0 Å². The third-order valence-corrected chi connectivity index (χ3v) is 12.6. The van der Waals surface area contributed by atoms with Crippen LogP contribution in [0.15, 0.2) is 0 Å². The van der Waals surface area contributed by atoms with Gasteiger partial charge in [0.15, 0.2) is 0 Å². The SMILES string of the molecule is CCCCCCP(C)(CCCCCC)(CCCCCC)OS(=O)(=O)O. The van der Waals surface area contributed by atoms with Gasteiger partial charge in [-0.25, -0.2) is 0 Å². The van der Waals surface area contributed by atoms with Crippen LogP contribution < -0.4 is 0 Å². The molecular weight excluding hydrogens is 355 g/mol. The molecule has 4 nitrogen and oxygen atoms in total. The van der Waals surface area contributed by atoms with Crippen molar-refractivity contribution in [2.45, 2.75) is 97.8 Å². The monoisotopic (exact) mass is 398 g/mol. The van der Waals surface area contributed by atoms with Crippen molar-refractivity contribution < 1.29 is 16.9 Å². The Morgan fingerprint density at radius 2 is 1.00 bits per heavy atom. The first-order valence-electron chi connectivity index (χ1n) is 10.4. The Bertz CT molecular complexity index is 403. The summed E-state index contributed by atoms with van der Waals surface area (Å²) in [5.41, 5.74) is 0. The predicted octanol–water partition coefficient (Wildman–Crippen LogP) is 6.64. The summed E-state index contributed by atoms with van der Waals surface area (Å²) in [5.74, 6) is 0. The van der Waals surface area contributed by atoms with Crippen LogP contribution in [0.5, 0.6) is 0 Å². The predicted molar refractivity (Wildman–Crippen MR) is 113 cm³/mol. The van der Waals surface area contributed by atoms with Gasteiger partial charge in [-0.15, -0.1) is 0 Å². The maximum absolute atomic E-state index is 11.7. The molecule has 0 fully saturated rings. The van der Waals surface area contributed by atoms with Crippen molar-refractivity contribution in [2.75, 3.05) is 25.2 Å². The molecule has 0 amide bonds. The van der Waals surface area contributed by atoms with Crippen LogP contribution in [0.25, 0.3) is 0 Å². The van der Waals surface area contributed by atoms with E-state index in [9.17, 15) is 13.0 Å². The molecule has 0 rings (SSSR count). The van der Waals surface area contributed by atoms with Crippen LogP contribution in [0.3, 0.4) is 0 Å². The molecule has 0 aliphatic carbocycles. The number of hydrogen-bond acceptors (Lipinski definition) is 3. The molecule has 0 unspecified atom stereocenters. The van der Waals surface area contributed by atoms with Gasteiger partial charge >= 0.3 is 157 Å². The van der Waals surface area contributed by atoms with Crippen LogP contribution in [0, 0.1) is 0 Å². The summed E-state index contributed by atoms with van der Waals surface area (Å²) in [7, 11) is -4.41. The minimum absolute atomic E-state index is 0.823. The van der Waals surface area contributed by atoms with E-state index < -0.39 is 17.2 Å². The fourth-order valence-corrected chi connectivity index (χ4v) is 11.0. The van der Waals surface area contributed by atoms with Crippen LogP contribution >= 0.6 is 6.83 Å². The van der Waals surface area contributed by atoms with E-state index in [2.05, 4.69) is 27.4 Å². The third-order valence-electron chi connectivity index (χ3n) is 5.26. The van der Waals surface area contributed by atoms with E-state index in [0.29, 0.717) is 0 Å². The first-order chi connectivity index (χ1) is 11.7. The Kier molecular flexibility index (Phi) is 12.8. The second kappa shape index (κ2) is 12.6. The molecule has 0 radical (unpaired) electrons. The van der Waals surface area contributed by atoms with Crippen molar-refractivity contribution in [3.63, 3.8) is 0 Å². The van der Waals surface area contributed by atoms with Gasteiger partial charge < -0.3 is 0 Å². The fourth-order valence-electron chi connectivity index (χ4n) is 3.70. The molecule has 0 atom stereocenters. The standard InChI is InChI=1S/C19H43O4PS/c1-5-8-11-14-17-24(4,23-25(20,21)22,18-15-12-9-6-2)19-16-13-10-7-3/h5-19H2,1-4H3,(H,20,21,22). The molecule has 0 aliphatic heterocycles. The van der Waals surface area contributed by atoms with Gasteiger partial charge in [0, 0.05) is 0 Å². The van der Waals surface area contributed by atoms with Crippen LogP contribution in [-0.2, 0) is 14.4 Å². The number of rotatable bonds is 17. The van der Waals surface area contributed by atoms with E-state index in [0.717, 1.165) is 76.3 Å². The molecule has 0 aromatic rings. The van der Waals surface area contributed by atoms with E-state index in [1.807, 2.05) is 0 Å². The topological polar surface area (TPSA) is 63.6 Å². The van der Waals surface area contributed by atoms with Crippen molar-refractivity contribution in [2.24, 2.45) is 0 Å². The molecule has 0 saturated heterocycles. The summed E-state index contributed by atoms with van der Waals surface area (Å²) in [6, 6.07) is 0. The molecule has 1 N–H and O–H groups in total. The fraction of sp³-hybridized carbons (Fsp3) is 1.00. The normalized spacial score (nSPS) is 14.4. The van der Waals surface area contributed by atoms with Gasteiger partial charge in [-0.1, -0.05) is 0 Å². The van der Waals surface area contributed by atoms with E-state index in [4.69, 9.17) is 3.97 Å².